The first kappa shape index (κ1) is 18.0. The Morgan fingerprint density at radius 2 is 1.80 bits per heavy atom. The molecule has 2 heterocycles. The summed E-state index contributed by atoms with van der Waals surface area (Å²) in [5, 5.41) is 3.37. The van der Waals surface area contributed by atoms with E-state index in [9.17, 15) is 13.2 Å². The van der Waals surface area contributed by atoms with E-state index in [1.165, 1.54) is 11.3 Å². The van der Waals surface area contributed by atoms with Crippen molar-refractivity contribution in [3.8, 4) is 0 Å². The first-order valence-corrected chi connectivity index (χ1v) is 8.93. The molecule has 2 fully saturated rings. The number of hydrogen-bond donors (Lipinski definition) is 1. The largest absolute Gasteiger partial charge is 0.401 e. The number of benzene rings is 1. The van der Waals surface area contributed by atoms with Crippen LogP contribution < -0.4 is 5.32 Å². The summed E-state index contributed by atoms with van der Waals surface area (Å²) in [6.07, 6.45) is -0.000894. The van der Waals surface area contributed by atoms with Gasteiger partial charge in [0.05, 0.1) is 12.6 Å². The van der Waals surface area contributed by atoms with E-state index in [-0.39, 0.29) is 6.04 Å². The van der Waals surface area contributed by atoms with Crippen LogP contribution in [0.5, 0.6) is 0 Å². The molecule has 3 rings (SSSR count). The lowest BCUT2D eigenvalue weighted by molar-refractivity contribution is -0.143. The van der Waals surface area contributed by atoms with Crippen molar-refractivity contribution in [2.75, 3.05) is 38.0 Å². The van der Waals surface area contributed by atoms with Gasteiger partial charge in [-0.3, -0.25) is 4.90 Å². The lowest BCUT2D eigenvalue weighted by Gasteiger charge is -2.31. The van der Waals surface area contributed by atoms with Crippen molar-refractivity contribution in [3.05, 3.63) is 30.3 Å². The van der Waals surface area contributed by atoms with Crippen LogP contribution in [-0.2, 0) is 0 Å². The summed E-state index contributed by atoms with van der Waals surface area (Å²) in [6.45, 7) is 1.86. The van der Waals surface area contributed by atoms with E-state index in [2.05, 4.69) is 10.2 Å². The number of nitrogens with zero attached hydrogens (tertiary/aromatic N) is 3. The quantitative estimate of drug-likeness (QED) is 0.665. The maximum Gasteiger partial charge on any atom is 0.401 e. The van der Waals surface area contributed by atoms with E-state index in [4.69, 9.17) is 4.99 Å². The van der Waals surface area contributed by atoms with Crippen molar-refractivity contribution < 1.29 is 13.2 Å². The highest BCUT2D eigenvalue weighted by molar-refractivity contribution is 5.93. The minimum atomic E-state index is -4.14. The zero-order chi connectivity index (χ0) is 17.7. The van der Waals surface area contributed by atoms with E-state index < -0.39 is 12.7 Å². The van der Waals surface area contributed by atoms with Crippen molar-refractivity contribution >= 4 is 11.6 Å². The summed E-state index contributed by atoms with van der Waals surface area (Å²) in [5.74, 6) is 0.796. The lowest BCUT2D eigenvalue weighted by Crippen LogP contribution is -2.41. The number of anilines is 1. The Kier molecular flexibility index (Phi) is 5.83. The Labute approximate surface area is 146 Å². The third kappa shape index (κ3) is 5.63. The summed E-state index contributed by atoms with van der Waals surface area (Å²) in [5.41, 5.74) is 0.956. The Balaban J connectivity index is 1.69. The summed E-state index contributed by atoms with van der Waals surface area (Å²) < 4.78 is 37.7. The van der Waals surface area contributed by atoms with Gasteiger partial charge in [-0.1, -0.05) is 18.2 Å². The van der Waals surface area contributed by atoms with E-state index >= 15 is 0 Å². The highest BCUT2D eigenvalue weighted by Gasteiger charge is 2.34. The van der Waals surface area contributed by atoms with Crippen molar-refractivity contribution in [2.45, 2.75) is 37.9 Å². The molecule has 0 bridgehead atoms. The molecule has 0 aromatic heterocycles. The second kappa shape index (κ2) is 8.08. The Morgan fingerprint density at radius 3 is 2.48 bits per heavy atom. The molecule has 2 aliphatic heterocycles. The number of nitrogens with one attached hydrogen (secondary N) is 1. The van der Waals surface area contributed by atoms with Gasteiger partial charge in [0.1, 0.15) is 0 Å². The van der Waals surface area contributed by atoms with E-state index in [1.807, 2.05) is 30.3 Å². The van der Waals surface area contributed by atoms with Gasteiger partial charge in [0, 0.05) is 31.9 Å². The molecule has 4 nitrogen and oxygen atoms in total. The normalized spacial score (nSPS) is 23.1. The van der Waals surface area contributed by atoms with Crippen molar-refractivity contribution in [1.29, 1.82) is 0 Å². The van der Waals surface area contributed by atoms with Crippen molar-refractivity contribution in [3.63, 3.8) is 0 Å². The molecular weight excluding hydrogens is 329 g/mol. The lowest BCUT2D eigenvalue weighted by atomic mass is 10.1. The number of halogens is 3. The van der Waals surface area contributed by atoms with Crippen LogP contribution in [0.25, 0.3) is 0 Å². The number of piperidine rings is 1. The molecule has 0 saturated carbocycles. The third-order valence-electron chi connectivity index (χ3n) is 4.64. The van der Waals surface area contributed by atoms with Crippen LogP contribution in [0.1, 0.15) is 25.7 Å². The van der Waals surface area contributed by atoms with E-state index in [0.29, 0.717) is 19.5 Å². The van der Waals surface area contributed by atoms with Gasteiger partial charge < -0.3 is 10.2 Å². The summed E-state index contributed by atoms with van der Waals surface area (Å²) >= 11 is 0. The highest BCUT2D eigenvalue weighted by Crippen LogP contribution is 2.22. The Bertz CT molecular complexity index is 567. The van der Waals surface area contributed by atoms with Crippen LogP contribution in [-0.4, -0.2) is 60.7 Å². The maximum atomic E-state index is 12.6. The molecule has 2 saturated heterocycles. The molecular formula is C18H25F3N4. The van der Waals surface area contributed by atoms with Gasteiger partial charge in [-0.2, -0.15) is 13.2 Å². The topological polar surface area (TPSA) is 30.9 Å². The molecule has 1 atom stereocenters. The minimum Gasteiger partial charge on any atom is -0.343 e. The Hall–Kier alpha value is -1.76. The van der Waals surface area contributed by atoms with Crippen molar-refractivity contribution in [1.82, 2.24) is 9.80 Å². The smallest absolute Gasteiger partial charge is 0.343 e. The summed E-state index contributed by atoms with van der Waals surface area (Å²) in [6, 6.07) is 9.73. The number of hydrogen-bond acceptors (Lipinski definition) is 2. The van der Waals surface area contributed by atoms with Crippen LogP contribution in [0.3, 0.4) is 0 Å². The molecule has 1 unspecified atom stereocenters. The Morgan fingerprint density at radius 1 is 1.08 bits per heavy atom. The molecule has 7 heteroatoms. The monoisotopic (exact) mass is 354 g/mol. The molecule has 0 amide bonds. The molecule has 0 spiro atoms. The number of likely N-dealkylation sites (tertiary alicyclic amines) is 2. The fourth-order valence-corrected chi connectivity index (χ4v) is 3.44. The number of rotatable bonds is 3. The zero-order valence-corrected chi connectivity index (χ0v) is 14.3. The number of aliphatic imine (C=N–C) groups is 1. The third-order valence-corrected chi connectivity index (χ3v) is 4.64. The fourth-order valence-electron chi connectivity index (χ4n) is 3.44. The molecule has 0 aliphatic carbocycles. The van der Waals surface area contributed by atoms with Crippen LogP contribution in [0.2, 0.25) is 0 Å². The average molecular weight is 354 g/mol. The number of para-hydroxylation sites is 1. The number of alkyl halides is 3. The SMILES string of the molecule is FC(F)(F)CN1CCC(N=C(Nc2ccccc2)N2CCCCC2)C1. The van der Waals surface area contributed by atoms with Gasteiger partial charge >= 0.3 is 6.18 Å². The highest BCUT2D eigenvalue weighted by atomic mass is 19.4. The standard InChI is InChI=1S/C18H25F3N4/c19-18(20,21)14-24-12-9-16(13-24)23-17(25-10-5-2-6-11-25)22-15-7-3-1-4-8-15/h1,3-4,7-8,16H,2,5-6,9-14H2,(H,22,23). The summed E-state index contributed by atoms with van der Waals surface area (Å²) in [4.78, 5) is 8.47. The van der Waals surface area contributed by atoms with Gasteiger partial charge in [-0.15, -0.1) is 0 Å². The van der Waals surface area contributed by atoms with E-state index in [1.54, 1.807) is 0 Å². The van der Waals surface area contributed by atoms with Crippen LogP contribution in [0.15, 0.2) is 35.3 Å². The van der Waals surface area contributed by atoms with Crippen LogP contribution in [0.4, 0.5) is 18.9 Å². The zero-order valence-electron chi connectivity index (χ0n) is 14.3. The fraction of sp³-hybridized carbons (Fsp3) is 0.611. The molecule has 0 radical (unpaired) electrons. The van der Waals surface area contributed by atoms with Crippen molar-refractivity contribution in [2.24, 2.45) is 4.99 Å². The van der Waals surface area contributed by atoms with Crippen LogP contribution in [0, 0.1) is 0 Å². The first-order valence-electron chi connectivity index (χ1n) is 8.93. The minimum absolute atomic E-state index is 0.0875. The summed E-state index contributed by atoms with van der Waals surface area (Å²) in [7, 11) is 0. The molecule has 138 valence electrons. The van der Waals surface area contributed by atoms with Gasteiger partial charge in [-0.25, -0.2) is 4.99 Å². The average Bonchev–Trinajstić information content (AvgIpc) is 3.01. The predicted molar refractivity (Wildman–Crippen MR) is 93.8 cm³/mol. The van der Waals surface area contributed by atoms with E-state index in [0.717, 1.165) is 37.6 Å². The first-order chi connectivity index (χ1) is 12.0. The molecule has 1 aromatic carbocycles. The number of guanidine groups is 1. The van der Waals surface area contributed by atoms with Gasteiger partial charge in [0.2, 0.25) is 0 Å². The molecule has 1 N–H and O–H groups in total. The molecule has 2 aliphatic rings. The molecule has 1 aromatic rings. The van der Waals surface area contributed by atoms with Crippen LogP contribution >= 0.6 is 0 Å². The van der Waals surface area contributed by atoms with Gasteiger partial charge in [0.15, 0.2) is 5.96 Å². The van der Waals surface area contributed by atoms with Gasteiger partial charge in [0.25, 0.3) is 0 Å². The predicted octanol–water partition coefficient (Wildman–Crippen LogP) is 3.58. The maximum absolute atomic E-state index is 12.6. The second-order valence-electron chi connectivity index (χ2n) is 6.78. The second-order valence-corrected chi connectivity index (χ2v) is 6.78. The molecule has 25 heavy (non-hydrogen) atoms. The van der Waals surface area contributed by atoms with Gasteiger partial charge in [-0.05, 0) is 37.8 Å².